The van der Waals surface area contributed by atoms with Crippen LogP contribution in [0.15, 0.2) is 23.6 Å². The minimum Gasteiger partial charge on any atom is -0.354 e. The maximum atomic E-state index is 4.54. The topological polar surface area (TPSA) is 60.4 Å². The molecule has 0 aromatic carbocycles. The van der Waals surface area contributed by atoms with Gasteiger partial charge in [0.15, 0.2) is 0 Å². The van der Waals surface area contributed by atoms with Crippen molar-refractivity contribution in [3.63, 3.8) is 0 Å². The summed E-state index contributed by atoms with van der Waals surface area (Å²) in [5.74, 6) is 1.64. The van der Waals surface area contributed by atoms with E-state index >= 15 is 0 Å². The number of likely N-dealkylation sites (tertiary alicyclic amines) is 1. The highest BCUT2D eigenvalue weighted by atomic mass is 15.3. The van der Waals surface area contributed by atoms with Gasteiger partial charge in [-0.25, -0.2) is 9.97 Å². The van der Waals surface area contributed by atoms with Crippen LogP contribution in [0.2, 0.25) is 0 Å². The summed E-state index contributed by atoms with van der Waals surface area (Å²) in [4.78, 5) is 20.9. The van der Waals surface area contributed by atoms with E-state index in [4.69, 9.17) is 0 Å². The van der Waals surface area contributed by atoms with Crippen LogP contribution in [-0.4, -0.2) is 65.3 Å². The number of fused-ring (bicyclic) bond motifs is 1. The molecule has 0 bridgehead atoms. The normalized spacial score (nSPS) is 23.8. The molecule has 1 fully saturated rings. The second-order valence-electron chi connectivity index (χ2n) is 6.67. The Morgan fingerprint density at radius 1 is 1.52 bits per heavy atom. The lowest BCUT2D eigenvalue weighted by Gasteiger charge is -2.42. The largest absolute Gasteiger partial charge is 0.354 e. The minimum atomic E-state index is 0.282. The monoisotopic (exact) mass is 314 g/mol. The number of hydrogen-bond acceptors (Lipinski definition) is 5. The molecule has 0 saturated carbocycles. The first kappa shape index (κ1) is 15.9. The molecular weight excluding hydrogens is 288 g/mol. The number of aromatic amines is 1. The number of hydrogen-bond donors (Lipinski definition) is 1. The van der Waals surface area contributed by atoms with Gasteiger partial charge in [0.1, 0.15) is 17.8 Å². The van der Waals surface area contributed by atoms with Gasteiger partial charge in [-0.15, -0.1) is 0 Å². The summed E-state index contributed by atoms with van der Waals surface area (Å²) < 4.78 is 0. The van der Waals surface area contributed by atoms with Gasteiger partial charge in [-0.3, -0.25) is 9.89 Å². The Morgan fingerprint density at radius 2 is 2.35 bits per heavy atom. The van der Waals surface area contributed by atoms with Crippen LogP contribution < -0.4 is 4.90 Å². The van der Waals surface area contributed by atoms with E-state index in [-0.39, 0.29) is 6.04 Å². The van der Waals surface area contributed by atoms with Crippen LogP contribution in [-0.2, 0) is 0 Å². The summed E-state index contributed by atoms with van der Waals surface area (Å²) in [6, 6.07) is 2.77. The minimum absolute atomic E-state index is 0.282. The molecule has 23 heavy (non-hydrogen) atoms. The van der Waals surface area contributed by atoms with Crippen LogP contribution >= 0.6 is 0 Å². The smallest absolute Gasteiger partial charge is 0.142 e. The van der Waals surface area contributed by atoms with E-state index in [1.165, 1.54) is 6.42 Å². The maximum absolute atomic E-state index is 4.54. The average Bonchev–Trinajstić information content (AvgIpc) is 3.04. The first-order chi connectivity index (χ1) is 11.1. The molecule has 2 aromatic heterocycles. The molecule has 3 unspecified atom stereocenters. The summed E-state index contributed by atoms with van der Waals surface area (Å²) in [5, 5.41) is 1.08. The maximum Gasteiger partial charge on any atom is 0.142 e. The van der Waals surface area contributed by atoms with Crippen molar-refractivity contribution in [2.24, 2.45) is 10.9 Å². The van der Waals surface area contributed by atoms with Crippen molar-refractivity contribution in [1.82, 2.24) is 19.9 Å². The molecule has 1 N–H and O–H groups in total. The number of piperidine rings is 1. The lowest BCUT2D eigenvalue weighted by atomic mass is 9.92. The molecule has 0 spiro atoms. The molecule has 2 aromatic rings. The third-order valence-corrected chi connectivity index (χ3v) is 5.00. The highest BCUT2D eigenvalue weighted by molar-refractivity contribution is 5.87. The number of likely N-dealkylation sites (N-methyl/N-ethyl adjacent to an activating group) is 1. The van der Waals surface area contributed by atoms with Gasteiger partial charge in [0.2, 0.25) is 0 Å². The molecule has 3 atom stereocenters. The van der Waals surface area contributed by atoms with Gasteiger partial charge >= 0.3 is 0 Å². The molecule has 0 amide bonds. The van der Waals surface area contributed by atoms with E-state index in [2.05, 4.69) is 63.4 Å². The number of aliphatic imine (C=N–C) groups is 1. The van der Waals surface area contributed by atoms with Crippen molar-refractivity contribution in [3.8, 4) is 0 Å². The number of nitrogens with zero attached hydrogens (tertiary/aromatic N) is 5. The van der Waals surface area contributed by atoms with Crippen molar-refractivity contribution in [3.05, 3.63) is 18.6 Å². The molecule has 3 heterocycles. The molecule has 1 aliphatic rings. The second kappa shape index (κ2) is 6.66. The van der Waals surface area contributed by atoms with Gasteiger partial charge < -0.3 is 9.88 Å². The standard InChI is InChI=1S/C17H26N6/c1-12-6-8-23(9-13(2)18-3)10-15(12)22(4)17-14-5-7-19-16(14)20-11-21-17/h5,7,11-13,15H,3,6,8-10H2,1-2,4H3,(H,19,20,21). The van der Waals surface area contributed by atoms with Gasteiger partial charge in [0.25, 0.3) is 0 Å². The lowest BCUT2D eigenvalue weighted by Crippen LogP contribution is -2.52. The highest BCUT2D eigenvalue weighted by Crippen LogP contribution is 2.28. The van der Waals surface area contributed by atoms with Crippen LogP contribution in [0.5, 0.6) is 0 Å². The fourth-order valence-electron chi connectivity index (χ4n) is 3.51. The third-order valence-electron chi connectivity index (χ3n) is 5.00. The van der Waals surface area contributed by atoms with Crippen molar-refractivity contribution in [1.29, 1.82) is 0 Å². The number of rotatable bonds is 5. The second-order valence-corrected chi connectivity index (χ2v) is 6.67. The summed E-state index contributed by atoms with van der Waals surface area (Å²) >= 11 is 0. The van der Waals surface area contributed by atoms with E-state index < -0.39 is 0 Å². The first-order valence-electron chi connectivity index (χ1n) is 8.29. The molecular formula is C17H26N6. The molecule has 6 nitrogen and oxygen atoms in total. The number of anilines is 1. The zero-order chi connectivity index (χ0) is 16.4. The van der Waals surface area contributed by atoms with Crippen molar-refractivity contribution in [2.45, 2.75) is 32.4 Å². The summed E-state index contributed by atoms with van der Waals surface area (Å²) in [7, 11) is 2.15. The highest BCUT2D eigenvalue weighted by Gasteiger charge is 2.31. The van der Waals surface area contributed by atoms with Gasteiger partial charge in [0.05, 0.1) is 11.4 Å². The Kier molecular flexibility index (Phi) is 4.61. The number of nitrogens with one attached hydrogen (secondary N) is 1. The molecule has 6 heteroatoms. The molecule has 3 rings (SSSR count). The molecule has 1 saturated heterocycles. The van der Waals surface area contributed by atoms with E-state index in [0.717, 1.165) is 36.5 Å². The van der Waals surface area contributed by atoms with E-state index in [9.17, 15) is 0 Å². The Morgan fingerprint density at radius 3 is 3.13 bits per heavy atom. The van der Waals surface area contributed by atoms with Gasteiger partial charge in [-0.2, -0.15) is 0 Å². The van der Waals surface area contributed by atoms with Crippen LogP contribution in [0.4, 0.5) is 5.82 Å². The van der Waals surface area contributed by atoms with E-state index in [1.54, 1.807) is 6.33 Å². The summed E-state index contributed by atoms with van der Waals surface area (Å²) in [6.45, 7) is 11.3. The Hall–Kier alpha value is -1.95. The first-order valence-corrected chi connectivity index (χ1v) is 8.29. The van der Waals surface area contributed by atoms with Crippen LogP contribution in [0.1, 0.15) is 20.3 Å². The van der Waals surface area contributed by atoms with Gasteiger partial charge in [0, 0.05) is 32.4 Å². The fraction of sp³-hybridized carbons (Fsp3) is 0.588. The van der Waals surface area contributed by atoms with Gasteiger partial charge in [-0.05, 0) is 38.6 Å². The molecule has 0 radical (unpaired) electrons. The fourth-order valence-corrected chi connectivity index (χ4v) is 3.51. The summed E-state index contributed by atoms with van der Waals surface area (Å²) in [6.07, 6.45) is 4.75. The SMILES string of the molecule is C=NC(C)CN1CCC(C)C(N(C)c2ncnc3[nH]ccc23)C1. The quantitative estimate of drug-likeness (QED) is 0.860. The zero-order valence-electron chi connectivity index (χ0n) is 14.2. The van der Waals surface area contributed by atoms with E-state index in [0.29, 0.717) is 12.0 Å². The van der Waals surface area contributed by atoms with Crippen molar-refractivity contribution >= 4 is 23.6 Å². The predicted octanol–water partition coefficient (Wildman–Crippen LogP) is 2.19. The molecule has 0 aliphatic carbocycles. The zero-order valence-corrected chi connectivity index (χ0v) is 14.2. The van der Waals surface area contributed by atoms with Crippen LogP contribution in [0.3, 0.4) is 0 Å². The number of aromatic nitrogens is 3. The predicted molar refractivity (Wildman–Crippen MR) is 95.3 cm³/mol. The van der Waals surface area contributed by atoms with Crippen LogP contribution in [0, 0.1) is 5.92 Å². The average molecular weight is 314 g/mol. The molecule has 1 aliphatic heterocycles. The van der Waals surface area contributed by atoms with Crippen LogP contribution in [0.25, 0.3) is 11.0 Å². The van der Waals surface area contributed by atoms with Gasteiger partial charge in [-0.1, -0.05) is 6.92 Å². The third kappa shape index (κ3) is 3.22. The number of H-pyrrole nitrogens is 1. The Labute approximate surface area is 137 Å². The van der Waals surface area contributed by atoms with Crippen molar-refractivity contribution < 1.29 is 0 Å². The van der Waals surface area contributed by atoms with E-state index in [1.807, 2.05) is 6.20 Å². The van der Waals surface area contributed by atoms with Crippen molar-refractivity contribution in [2.75, 3.05) is 31.6 Å². The Bertz CT molecular complexity index is 666. The molecule has 124 valence electrons. The summed E-state index contributed by atoms with van der Waals surface area (Å²) in [5.41, 5.74) is 0.895. The Balaban J connectivity index is 1.80. The lowest BCUT2D eigenvalue weighted by molar-refractivity contribution is 0.160.